The molecule has 2 rings (SSSR count). The van der Waals surface area contributed by atoms with Crippen LogP contribution in [0.15, 0.2) is 52.3 Å². The highest BCUT2D eigenvalue weighted by Crippen LogP contribution is 2.29. The summed E-state index contributed by atoms with van der Waals surface area (Å²) in [4.78, 5) is 24.7. The van der Waals surface area contributed by atoms with Gasteiger partial charge in [0.25, 0.3) is 0 Å². The third-order valence-electron chi connectivity index (χ3n) is 3.29. The molecule has 0 spiro atoms. The van der Waals surface area contributed by atoms with Gasteiger partial charge in [0.05, 0.1) is 17.7 Å². The summed E-state index contributed by atoms with van der Waals surface area (Å²) in [6, 6.07) is 12.5. The van der Waals surface area contributed by atoms with Crippen LogP contribution in [0.3, 0.4) is 0 Å². The largest absolute Gasteiger partial charge is 0.478 e. The van der Waals surface area contributed by atoms with Crippen molar-refractivity contribution in [3.63, 3.8) is 0 Å². The van der Waals surface area contributed by atoms with Crippen molar-refractivity contribution in [2.75, 3.05) is 6.61 Å². The summed E-state index contributed by atoms with van der Waals surface area (Å²) < 4.78 is 4.95. The van der Waals surface area contributed by atoms with Crippen molar-refractivity contribution in [3.05, 3.63) is 59.2 Å². The molecular weight excluding hydrogens is 312 g/mol. The van der Waals surface area contributed by atoms with Gasteiger partial charge in [-0.1, -0.05) is 18.7 Å². The molecule has 0 heterocycles. The van der Waals surface area contributed by atoms with Crippen LogP contribution in [0.5, 0.6) is 0 Å². The normalized spacial score (nSPS) is 10.3. The fraction of sp³-hybridized carbons (Fsp3) is 0.222. The average molecular weight is 330 g/mol. The summed E-state index contributed by atoms with van der Waals surface area (Å²) >= 11 is 1.53. The lowest BCUT2D eigenvalue weighted by molar-refractivity contribution is 0.0525. The molecule has 0 saturated carbocycles. The summed E-state index contributed by atoms with van der Waals surface area (Å²) in [6.07, 6.45) is 0.665. The van der Waals surface area contributed by atoms with Crippen molar-refractivity contribution in [2.24, 2.45) is 0 Å². The number of ether oxygens (including phenoxy) is 1. The maximum Gasteiger partial charge on any atom is 0.338 e. The van der Waals surface area contributed by atoms with Gasteiger partial charge >= 0.3 is 11.9 Å². The van der Waals surface area contributed by atoms with Crippen molar-refractivity contribution >= 4 is 23.7 Å². The second-order valence-corrected chi connectivity index (χ2v) is 5.97. The van der Waals surface area contributed by atoms with E-state index in [1.54, 1.807) is 31.2 Å². The van der Waals surface area contributed by atoms with E-state index in [1.807, 2.05) is 25.1 Å². The Labute approximate surface area is 139 Å². The standard InChI is InChI=1S/C18H18O4S/c1-3-12-11-15(9-10-16(12)17(19)20)23-14-7-5-13(6-8-14)18(21)22-4-2/h5-11H,3-4H2,1-2H3,(H,19,20). The van der Waals surface area contributed by atoms with E-state index in [1.165, 1.54) is 11.8 Å². The van der Waals surface area contributed by atoms with Gasteiger partial charge in [-0.15, -0.1) is 0 Å². The van der Waals surface area contributed by atoms with Crippen molar-refractivity contribution in [2.45, 2.75) is 30.1 Å². The van der Waals surface area contributed by atoms with Crippen LogP contribution in [0.25, 0.3) is 0 Å². The molecule has 0 aliphatic rings. The summed E-state index contributed by atoms with van der Waals surface area (Å²) in [7, 11) is 0. The molecule has 2 aromatic rings. The molecule has 0 unspecified atom stereocenters. The molecule has 2 aromatic carbocycles. The van der Waals surface area contributed by atoms with E-state index in [-0.39, 0.29) is 5.97 Å². The Morgan fingerprint density at radius 3 is 2.26 bits per heavy atom. The quantitative estimate of drug-likeness (QED) is 0.801. The van der Waals surface area contributed by atoms with Gasteiger partial charge in [-0.05, 0) is 61.4 Å². The molecule has 5 heteroatoms. The smallest absolute Gasteiger partial charge is 0.338 e. The van der Waals surface area contributed by atoms with Gasteiger partial charge < -0.3 is 9.84 Å². The minimum Gasteiger partial charge on any atom is -0.478 e. The molecule has 0 aliphatic heterocycles. The molecular formula is C18H18O4S. The molecule has 0 saturated heterocycles. The molecule has 4 nitrogen and oxygen atoms in total. The van der Waals surface area contributed by atoms with Gasteiger partial charge in [-0.25, -0.2) is 9.59 Å². The number of carbonyl (C=O) groups is 2. The van der Waals surface area contributed by atoms with E-state index in [4.69, 9.17) is 9.84 Å². The third kappa shape index (κ3) is 4.36. The number of hydrogen-bond acceptors (Lipinski definition) is 4. The van der Waals surface area contributed by atoms with E-state index < -0.39 is 5.97 Å². The van der Waals surface area contributed by atoms with Crippen LogP contribution in [0.4, 0.5) is 0 Å². The van der Waals surface area contributed by atoms with Gasteiger partial charge in [0.2, 0.25) is 0 Å². The Hall–Kier alpha value is -2.27. The zero-order chi connectivity index (χ0) is 16.8. The molecule has 1 N–H and O–H groups in total. The third-order valence-corrected chi connectivity index (χ3v) is 4.29. The highest BCUT2D eigenvalue weighted by Gasteiger charge is 2.10. The first-order valence-electron chi connectivity index (χ1n) is 7.36. The molecule has 0 aromatic heterocycles. The summed E-state index contributed by atoms with van der Waals surface area (Å²) in [5.74, 6) is -1.24. The minimum atomic E-state index is -0.905. The van der Waals surface area contributed by atoms with Crippen LogP contribution in [-0.2, 0) is 11.2 Å². The maximum absolute atomic E-state index is 11.6. The fourth-order valence-corrected chi connectivity index (χ4v) is 3.03. The number of aryl methyl sites for hydroxylation is 1. The van der Waals surface area contributed by atoms with Crippen LogP contribution in [-0.4, -0.2) is 23.7 Å². The van der Waals surface area contributed by atoms with Crippen LogP contribution in [0, 0.1) is 0 Å². The van der Waals surface area contributed by atoms with E-state index in [9.17, 15) is 9.59 Å². The van der Waals surface area contributed by atoms with Crippen LogP contribution in [0.2, 0.25) is 0 Å². The predicted octanol–water partition coefficient (Wildman–Crippen LogP) is 4.28. The highest BCUT2D eigenvalue weighted by molar-refractivity contribution is 7.99. The van der Waals surface area contributed by atoms with Gasteiger partial charge in [0.1, 0.15) is 0 Å². The number of hydrogen-bond donors (Lipinski definition) is 1. The average Bonchev–Trinajstić information content (AvgIpc) is 2.55. The number of benzene rings is 2. The predicted molar refractivity (Wildman–Crippen MR) is 89.3 cm³/mol. The summed E-state index contributed by atoms with van der Waals surface area (Å²) in [6.45, 7) is 4.06. The lowest BCUT2D eigenvalue weighted by atomic mass is 10.1. The van der Waals surface area contributed by atoms with Crippen molar-refractivity contribution in [1.29, 1.82) is 0 Å². The first kappa shape index (κ1) is 17.1. The van der Waals surface area contributed by atoms with E-state index >= 15 is 0 Å². The van der Waals surface area contributed by atoms with Crippen molar-refractivity contribution in [1.82, 2.24) is 0 Å². The van der Waals surface area contributed by atoms with E-state index in [0.29, 0.717) is 24.2 Å². The molecule has 0 radical (unpaired) electrons. The Kier molecular flexibility index (Phi) is 5.82. The molecule has 0 atom stereocenters. The number of carboxylic acid groups (broad SMARTS) is 1. The first-order valence-corrected chi connectivity index (χ1v) is 8.18. The molecule has 120 valence electrons. The monoisotopic (exact) mass is 330 g/mol. The van der Waals surface area contributed by atoms with Crippen molar-refractivity contribution in [3.8, 4) is 0 Å². The van der Waals surface area contributed by atoms with Gasteiger partial charge in [-0.3, -0.25) is 0 Å². The van der Waals surface area contributed by atoms with Crippen LogP contribution < -0.4 is 0 Å². The molecule has 0 aliphatic carbocycles. The zero-order valence-corrected chi connectivity index (χ0v) is 13.9. The maximum atomic E-state index is 11.6. The SMILES string of the molecule is CCOC(=O)c1ccc(Sc2ccc(C(=O)O)c(CC)c2)cc1. The molecule has 0 fully saturated rings. The Morgan fingerprint density at radius 1 is 1.04 bits per heavy atom. The van der Waals surface area contributed by atoms with E-state index in [0.717, 1.165) is 15.4 Å². The number of esters is 1. The van der Waals surface area contributed by atoms with E-state index in [2.05, 4.69) is 0 Å². The minimum absolute atomic E-state index is 0.330. The second kappa shape index (κ2) is 7.83. The lowest BCUT2D eigenvalue weighted by Crippen LogP contribution is -2.03. The second-order valence-electron chi connectivity index (χ2n) is 4.82. The molecule has 23 heavy (non-hydrogen) atoms. The highest BCUT2D eigenvalue weighted by atomic mass is 32.2. The topological polar surface area (TPSA) is 63.6 Å². The van der Waals surface area contributed by atoms with Gasteiger partial charge in [0.15, 0.2) is 0 Å². The number of carbonyl (C=O) groups excluding carboxylic acids is 1. The summed E-state index contributed by atoms with van der Waals surface area (Å²) in [5.41, 5.74) is 1.67. The Balaban J connectivity index is 2.16. The number of carboxylic acids is 1. The summed E-state index contributed by atoms with van der Waals surface area (Å²) in [5, 5.41) is 9.15. The zero-order valence-electron chi connectivity index (χ0n) is 13.0. The molecule has 0 bridgehead atoms. The number of rotatable bonds is 6. The lowest BCUT2D eigenvalue weighted by Gasteiger charge is -2.08. The van der Waals surface area contributed by atoms with Crippen molar-refractivity contribution < 1.29 is 19.4 Å². The fourth-order valence-electron chi connectivity index (χ4n) is 2.14. The van der Waals surface area contributed by atoms with Gasteiger partial charge in [0, 0.05) is 9.79 Å². The van der Waals surface area contributed by atoms with Crippen LogP contribution in [0.1, 0.15) is 40.1 Å². The number of aromatic carboxylic acids is 1. The Morgan fingerprint density at radius 2 is 1.70 bits per heavy atom. The van der Waals surface area contributed by atoms with Crippen LogP contribution >= 0.6 is 11.8 Å². The molecule has 0 amide bonds. The Bertz CT molecular complexity index is 707. The first-order chi connectivity index (χ1) is 11.0. The van der Waals surface area contributed by atoms with Gasteiger partial charge in [-0.2, -0.15) is 0 Å².